The smallest absolute Gasteiger partial charge is 0.317 e. The van der Waals surface area contributed by atoms with E-state index in [1.165, 1.54) is 30.6 Å². The lowest BCUT2D eigenvalue weighted by Crippen LogP contribution is -2.35. The van der Waals surface area contributed by atoms with Crippen LogP contribution in [0.1, 0.15) is 51.4 Å². The molecule has 0 spiro atoms. The minimum absolute atomic E-state index is 0.127. The molecule has 3 aromatic rings. The zero-order valence-corrected chi connectivity index (χ0v) is 18.6. The Morgan fingerprint density at radius 2 is 1.84 bits per heavy atom. The first-order valence-electron chi connectivity index (χ1n) is 11.1. The number of hydrogen-bond acceptors (Lipinski definition) is 9. The predicted octanol–water partition coefficient (Wildman–Crippen LogP) is 4.36. The third-order valence-electron chi connectivity index (χ3n) is 5.71. The molecule has 32 heavy (non-hydrogen) atoms. The summed E-state index contributed by atoms with van der Waals surface area (Å²) in [5, 5.41) is 3.78. The molecule has 166 valence electrons. The summed E-state index contributed by atoms with van der Waals surface area (Å²) in [7, 11) is 0. The van der Waals surface area contributed by atoms with Gasteiger partial charge in [-0.2, -0.15) is 4.98 Å². The van der Waals surface area contributed by atoms with Gasteiger partial charge in [-0.1, -0.05) is 17.8 Å². The molecule has 1 amide bonds. The molecule has 0 bridgehead atoms. The van der Waals surface area contributed by atoms with Crippen molar-refractivity contribution in [1.82, 2.24) is 24.9 Å². The molecule has 0 radical (unpaired) electrons. The second kappa shape index (κ2) is 9.56. The third-order valence-corrected chi connectivity index (χ3v) is 6.64. The molecule has 1 aliphatic heterocycles. The minimum atomic E-state index is 0.127. The highest BCUT2D eigenvalue weighted by Crippen LogP contribution is 2.30. The number of anilines is 3. The molecule has 2 fully saturated rings. The van der Waals surface area contributed by atoms with E-state index in [0.29, 0.717) is 23.5 Å². The number of carbonyl (C=O) groups excluding carboxylic acids is 1. The van der Waals surface area contributed by atoms with Crippen LogP contribution < -0.4 is 15.0 Å². The molecule has 10 heteroatoms. The van der Waals surface area contributed by atoms with Gasteiger partial charge in [-0.15, -0.1) is 0 Å². The van der Waals surface area contributed by atoms with Gasteiger partial charge in [-0.25, -0.2) is 19.9 Å². The number of rotatable bonds is 6. The lowest BCUT2D eigenvalue weighted by Gasteiger charge is -2.26. The van der Waals surface area contributed by atoms with Gasteiger partial charge in [0.05, 0.1) is 28.7 Å². The molecule has 0 aromatic carbocycles. The summed E-state index contributed by atoms with van der Waals surface area (Å²) in [4.78, 5) is 36.7. The monoisotopic (exact) mass is 451 g/mol. The van der Waals surface area contributed by atoms with Crippen molar-refractivity contribution in [2.45, 2.75) is 57.5 Å². The van der Waals surface area contributed by atoms with Crippen molar-refractivity contribution >= 4 is 34.0 Å². The number of nitrogens with zero attached hydrogens (tertiary/aromatic N) is 6. The van der Waals surface area contributed by atoms with Crippen LogP contribution in [-0.4, -0.2) is 43.5 Å². The van der Waals surface area contributed by atoms with Gasteiger partial charge in [0.15, 0.2) is 5.13 Å². The van der Waals surface area contributed by atoms with Gasteiger partial charge in [0, 0.05) is 25.4 Å². The van der Waals surface area contributed by atoms with E-state index in [1.54, 1.807) is 29.7 Å². The molecule has 2 aliphatic rings. The number of thiazole rings is 1. The maximum Gasteiger partial charge on any atom is 0.317 e. The number of nitrogens with one attached hydrogen (secondary N) is 1. The Hall–Kier alpha value is -3.14. The molecule has 1 saturated carbocycles. The Morgan fingerprint density at radius 1 is 1.00 bits per heavy atom. The molecule has 3 aromatic heterocycles. The Labute approximate surface area is 190 Å². The van der Waals surface area contributed by atoms with Crippen LogP contribution in [0.25, 0.3) is 10.6 Å². The van der Waals surface area contributed by atoms with Gasteiger partial charge in [0.25, 0.3) is 0 Å². The van der Waals surface area contributed by atoms with Crippen molar-refractivity contribution in [3.63, 3.8) is 0 Å². The van der Waals surface area contributed by atoms with E-state index in [-0.39, 0.29) is 12.0 Å². The van der Waals surface area contributed by atoms with E-state index in [1.807, 2.05) is 6.07 Å². The molecule has 1 aliphatic carbocycles. The summed E-state index contributed by atoms with van der Waals surface area (Å²) in [6.07, 6.45) is 15.4. The quantitative estimate of drug-likeness (QED) is 0.589. The third kappa shape index (κ3) is 4.85. The fourth-order valence-electron chi connectivity index (χ4n) is 4.02. The van der Waals surface area contributed by atoms with Crippen LogP contribution in [0.2, 0.25) is 0 Å². The van der Waals surface area contributed by atoms with Crippen LogP contribution in [0.3, 0.4) is 0 Å². The van der Waals surface area contributed by atoms with Crippen molar-refractivity contribution in [1.29, 1.82) is 0 Å². The summed E-state index contributed by atoms with van der Waals surface area (Å²) < 4.78 is 5.99. The van der Waals surface area contributed by atoms with Crippen LogP contribution in [0, 0.1) is 0 Å². The number of ether oxygens (including phenoxy) is 1. The summed E-state index contributed by atoms with van der Waals surface area (Å²) in [5.41, 5.74) is 1.50. The lowest BCUT2D eigenvalue weighted by molar-refractivity contribution is -0.119. The molecular formula is C22H25N7O2S. The molecule has 1 saturated heterocycles. The largest absolute Gasteiger partial charge is 0.460 e. The van der Waals surface area contributed by atoms with Crippen molar-refractivity contribution < 1.29 is 9.53 Å². The first kappa shape index (κ1) is 20.7. The SMILES string of the molecule is O=C1CCCCN1c1cnc(Nc2ncc(-c3ccnc(OC4CCCCC4)n3)s2)nc1. The first-order valence-corrected chi connectivity index (χ1v) is 11.9. The Bertz CT molecular complexity index is 1070. The number of hydrogen-bond donors (Lipinski definition) is 1. The molecule has 5 rings (SSSR count). The summed E-state index contributed by atoms with van der Waals surface area (Å²) in [5.74, 6) is 0.560. The molecule has 0 atom stereocenters. The summed E-state index contributed by atoms with van der Waals surface area (Å²) in [6.45, 7) is 0.718. The van der Waals surface area contributed by atoms with E-state index >= 15 is 0 Å². The van der Waals surface area contributed by atoms with Gasteiger partial charge in [0.1, 0.15) is 6.10 Å². The zero-order valence-electron chi connectivity index (χ0n) is 17.7. The number of piperidine rings is 1. The predicted molar refractivity (Wildman–Crippen MR) is 122 cm³/mol. The van der Waals surface area contributed by atoms with Gasteiger partial charge >= 0.3 is 6.01 Å². The standard InChI is InChI=1S/C22H25N7O2S/c30-19-8-4-5-11-29(19)15-12-24-20(25-13-15)28-22-26-14-18(32-22)17-9-10-23-21(27-17)31-16-6-2-1-3-7-16/h9-10,12-14,16H,1-8,11H2,(H,24,25,26,28). The molecule has 4 heterocycles. The van der Waals surface area contributed by atoms with E-state index in [0.717, 1.165) is 48.5 Å². The van der Waals surface area contributed by atoms with Crippen LogP contribution >= 0.6 is 11.3 Å². The molecular weight excluding hydrogens is 426 g/mol. The lowest BCUT2D eigenvalue weighted by atomic mass is 9.98. The van der Waals surface area contributed by atoms with E-state index in [9.17, 15) is 4.79 Å². The van der Waals surface area contributed by atoms with Crippen molar-refractivity contribution in [2.24, 2.45) is 0 Å². The highest BCUT2D eigenvalue weighted by molar-refractivity contribution is 7.18. The average molecular weight is 452 g/mol. The number of carbonyl (C=O) groups is 1. The Morgan fingerprint density at radius 3 is 2.66 bits per heavy atom. The number of aromatic nitrogens is 5. The summed E-state index contributed by atoms with van der Waals surface area (Å²) in [6, 6.07) is 2.27. The highest BCUT2D eigenvalue weighted by atomic mass is 32.1. The maximum atomic E-state index is 12.1. The second-order valence-electron chi connectivity index (χ2n) is 8.02. The molecule has 9 nitrogen and oxygen atoms in total. The first-order chi connectivity index (χ1) is 15.7. The van der Waals surface area contributed by atoms with E-state index in [4.69, 9.17) is 4.74 Å². The van der Waals surface area contributed by atoms with Crippen LogP contribution in [0.5, 0.6) is 6.01 Å². The topological polar surface area (TPSA) is 106 Å². The van der Waals surface area contributed by atoms with Crippen LogP contribution in [-0.2, 0) is 4.79 Å². The van der Waals surface area contributed by atoms with Gasteiger partial charge in [0.2, 0.25) is 11.9 Å². The van der Waals surface area contributed by atoms with Crippen molar-refractivity contribution in [2.75, 3.05) is 16.8 Å². The van der Waals surface area contributed by atoms with Crippen molar-refractivity contribution in [3.8, 4) is 16.6 Å². The normalized spacial score (nSPS) is 17.4. The Balaban J connectivity index is 1.24. The van der Waals surface area contributed by atoms with Crippen LogP contribution in [0.15, 0.2) is 30.9 Å². The average Bonchev–Trinajstić information content (AvgIpc) is 3.30. The molecule has 1 N–H and O–H groups in total. The summed E-state index contributed by atoms with van der Waals surface area (Å²) >= 11 is 1.46. The van der Waals surface area contributed by atoms with Gasteiger partial charge in [-0.3, -0.25) is 4.79 Å². The molecule has 0 unspecified atom stereocenters. The second-order valence-corrected chi connectivity index (χ2v) is 9.05. The van der Waals surface area contributed by atoms with Crippen LogP contribution in [0.4, 0.5) is 16.8 Å². The zero-order chi connectivity index (χ0) is 21.8. The highest BCUT2D eigenvalue weighted by Gasteiger charge is 2.20. The van der Waals surface area contributed by atoms with E-state index in [2.05, 4.69) is 30.2 Å². The number of amides is 1. The van der Waals surface area contributed by atoms with Crippen molar-refractivity contribution in [3.05, 3.63) is 30.9 Å². The Kier molecular flexibility index (Phi) is 6.20. The van der Waals surface area contributed by atoms with Gasteiger partial charge < -0.3 is 15.0 Å². The van der Waals surface area contributed by atoms with Gasteiger partial charge in [-0.05, 0) is 44.6 Å². The fraction of sp³-hybridized carbons (Fsp3) is 0.455. The maximum absolute atomic E-state index is 12.1. The van der Waals surface area contributed by atoms with E-state index < -0.39 is 0 Å². The fourth-order valence-corrected chi connectivity index (χ4v) is 4.80. The minimum Gasteiger partial charge on any atom is -0.460 e.